The van der Waals surface area contributed by atoms with Gasteiger partial charge in [-0.1, -0.05) is 18.2 Å². The van der Waals surface area contributed by atoms with Crippen LogP contribution >= 0.6 is 0 Å². The van der Waals surface area contributed by atoms with Crippen LogP contribution in [0.5, 0.6) is 0 Å². The Morgan fingerprint density at radius 2 is 2.19 bits per heavy atom. The summed E-state index contributed by atoms with van der Waals surface area (Å²) in [7, 11) is 2.14. The average molecular weight is 287 g/mol. The van der Waals surface area contributed by atoms with E-state index >= 15 is 0 Å². The Kier molecular flexibility index (Phi) is 4.58. The molecule has 1 unspecified atom stereocenters. The lowest BCUT2D eigenvalue weighted by Gasteiger charge is -2.32. The van der Waals surface area contributed by atoms with Gasteiger partial charge in [0.15, 0.2) is 0 Å². The second-order valence-electron chi connectivity index (χ2n) is 6.00. The van der Waals surface area contributed by atoms with Gasteiger partial charge >= 0.3 is 0 Å². The minimum Gasteiger partial charge on any atom is -0.395 e. The number of hydrogen-bond donors (Lipinski definition) is 2. The minimum absolute atomic E-state index is 0.260. The van der Waals surface area contributed by atoms with Crippen LogP contribution in [0.3, 0.4) is 0 Å². The zero-order valence-electron chi connectivity index (χ0n) is 12.8. The highest BCUT2D eigenvalue weighted by atomic mass is 16.3. The SMILES string of the molecule is Cn1c(CNC2CCCN(CCO)C2)cc2ccccc21. The smallest absolute Gasteiger partial charge is 0.0558 e. The molecule has 0 bridgehead atoms. The lowest BCUT2D eigenvalue weighted by atomic mass is 10.1. The highest BCUT2D eigenvalue weighted by molar-refractivity contribution is 5.81. The van der Waals surface area contributed by atoms with Gasteiger partial charge < -0.3 is 15.0 Å². The molecular weight excluding hydrogens is 262 g/mol. The van der Waals surface area contributed by atoms with Crippen molar-refractivity contribution >= 4 is 10.9 Å². The molecule has 1 aliphatic rings. The van der Waals surface area contributed by atoms with Crippen LogP contribution in [0.25, 0.3) is 10.9 Å². The van der Waals surface area contributed by atoms with Crippen molar-refractivity contribution in [3.05, 3.63) is 36.0 Å². The lowest BCUT2D eigenvalue weighted by Crippen LogP contribution is -2.46. The molecule has 0 aliphatic carbocycles. The van der Waals surface area contributed by atoms with Crippen LogP contribution in [-0.2, 0) is 13.6 Å². The number of aryl methyl sites for hydroxylation is 1. The third-order valence-electron chi connectivity index (χ3n) is 4.54. The van der Waals surface area contributed by atoms with Crippen molar-refractivity contribution in [1.82, 2.24) is 14.8 Å². The number of aliphatic hydroxyl groups is 1. The van der Waals surface area contributed by atoms with Crippen LogP contribution in [0.4, 0.5) is 0 Å². The van der Waals surface area contributed by atoms with Gasteiger partial charge in [-0.25, -0.2) is 0 Å². The molecule has 0 amide bonds. The Morgan fingerprint density at radius 3 is 3.00 bits per heavy atom. The average Bonchev–Trinajstić information content (AvgIpc) is 2.83. The number of para-hydroxylation sites is 1. The van der Waals surface area contributed by atoms with Crippen LogP contribution in [0.2, 0.25) is 0 Å². The molecule has 21 heavy (non-hydrogen) atoms. The number of β-amino-alcohol motifs (C(OH)–C–C–N with tert-alkyl or cyclic N) is 1. The molecule has 2 N–H and O–H groups in total. The zero-order valence-corrected chi connectivity index (χ0v) is 12.8. The third-order valence-corrected chi connectivity index (χ3v) is 4.54. The monoisotopic (exact) mass is 287 g/mol. The molecule has 1 saturated heterocycles. The van der Waals surface area contributed by atoms with Crippen molar-refractivity contribution in [2.24, 2.45) is 7.05 Å². The number of aliphatic hydroxyl groups excluding tert-OH is 1. The van der Waals surface area contributed by atoms with Gasteiger partial charge in [0, 0.05) is 43.9 Å². The first kappa shape index (κ1) is 14.6. The second-order valence-corrected chi connectivity index (χ2v) is 6.00. The number of likely N-dealkylation sites (tertiary alicyclic amines) is 1. The Hall–Kier alpha value is -1.36. The first-order valence-corrected chi connectivity index (χ1v) is 7.88. The maximum Gasteiger partial charge on any atom is 0.0558 e. The summed E-state index contributed by atoms with van der Waals surface area (Å²) in [6, 6.07) is 11.3. The molecule has 1 atom stereocenters. The number of piperidine rings is 1. The molecule has 0 saturated carbocycles. The Balaban J connectivity index is 1.62. The molecule has 4 nitrogen and oxygen atoms in total. The summed E-state index contributed by atoms with van der Waals surface area (Å²) in [5.41, 5.74) is 2.62. The van der Waals surface area contributed by atoms with E-state index in [1.54, 1.807) is 0 Å². The van der Waals surface area contributed by atoms with Gasteiger partial charge in [-0.3, -0.25) is 4.90 Å². The van der Waals surface area contributed by atoms with E-state index < -0.39 is 0 Å². The fourth-order valence-electron chi connectivity index (χ4n) is 3.33. The largest absolute Gasteiger partial charge is 0.395 e. The molecule has 1 aromatic heterocycles. The standard InChI is InChI=1S/C17H25N3O/c1-19-16(11-14-5-2-3-7-17(14)19)12-18-15-6-4-8-20(13-15)9-10-21/h2-3,5,7,11,15,18,21H,4,6,8-10,12-13H2,1H3. The summed E-state index contributed by atoms with van der Waals surface area (Å²) in [6.07, 6.45) is 2.44. The summed E-state index contributed by atoms with van der Waals surface area (Å²) in [5, 5.41) is 14.1. The van der Waals surface area contributed by atoms with Crippen LogP contribution < -0.4 is 5.32 Å². The number of hydrogen-bond acceptors (Lipinski definition) is 3. The molecule has 1 fully saturated rings. The number of rotatable bonds is 5. The van der Waals surface area contributed by atoms with Crippen LogP contribution in [0.15, 0.2) is 30.3 Å². The van der Waals surface area contributed by atoms with Gasteiger partial charge in [0.25, 0.3) is 0 Å². The van der Waals surface area contributed by atoms with Crippen LogP contribution in [-0.4, -0.2) is 46.9 Å². The normalized spacial score (nSPS) is 20.2. The van der Waals surface area contributed by atoms with Crippen molar-refractivity contribution in [3.8, 4) is 0 Å². The molecule has 0 radical (unpaired) electrons. The fraction of sp³-hybridized carbons (Fsp3) is 0.529. The molecule has 2 heterocycles. The number of nitrogens with one attached hydrogen (secondary N) is 1. The highest BCUT2D eigenvalue weighted by Gasteiger charge is 2.19. The van der Waals surface area contributed by atoms with Crippen molar-refractivity contribution in [2.45, 2.75) is 25.4 Å². The number of benzene rings is 1. The predicted molar refractivity (Wildman–Crippen MR) is 86.3 cm³/mol. The predicted octanol–water partition coefficient (Wildman–Crippen LogP) is 1.72. The van der Waals surface area contributed by atoms with Crippen molar-refractivity contribution in [3.63, 3.8) is 0 Å². The highest BCUT2D eigenvalue weighted by Crippen LogP contribution is 2.18. The Labute approximate surface area is 126 Å². The van der Waals surface area contributed by atoms with E-state index in [-0.39, 0.29) is 6.61 Å². The lowest BCUT2D eigenvalue weighted by molar-refractivity contribution is 0.151. The number of fused-ring (bicyclic) bond motifs is 1. The molecule has 114 valence electrons. The van der Waals surface area contributed by atoms with E-state index in [4.69, 9.17) is 5.11 Å². The number of aromatic nitrogens is 1. The van der Waals surface area contributed by atoms with Gasteiger partial charge in [0.1, 0.15) is 0 Å². The van der Waals surface area contributed by atoms with Crippen molar-refractivity contribution in [2.75, 3.05) is 26.2 Å². The van der Waals surface area contributed by atoms with E-state index in [0.29, 0.717) is 6.04 Å². The molecular formula is C17H25N3O. The van der Waals surface area contributed by atoms with Gasteiger partial charge in [-0.2, -0.15) is 0 Å². The van der Waals surface area contributed by atoms with Crippen LogP contribution in [0, 0.1) is 0 Å². The maximum atomic E-state index is 9.06. The van der Waals surface area contributed by atoms with Gasteiger partial charge in [-0.15, -0.1) is 0 Å². The molecule has 4 heteroatoms. The molecule has 1 aliphatic heterocycles. The molecule has 1 aromatic carbocycles. The first-order valence-electron chi connectivity index (χ1n) is 7.88. The minimum atomic E-state index is 0.260. The summed E-state index contributed by atoms with van der Waals surface area (Å²) in [6.45, 7) is 4.13. The van der Waals surface area contributed by atoms with E-state index in [9.17, 15) is 0 Å². The third kappa shape index (κ3) is 3.28. The first-order chi connectivity index (χ1) is 10.3. The molecule has 3 rings (SSSR count). The zero-order chi connectivity index (χ0) is 14.7. The fourth-order valence-corrected chi connectivity index (χ4v) is 3.33. The maximum absolute atomic E-state index is 9.06. The second kappa shape index (κ2) is 6.60. The molecule has 2 aromatic rings. The van der Waals surface area contributed by atoms with E-state index in [0.717, 1.165) is 26.2 Å². The Bertz CT molecular complexity index is 591. The van der Waals surface area contributed by atoms with Gasteiger partial charge in [0.2, 0.25) is 0 Å². The van der Waals surface area contributed by atoms with Gasteiger partial charge in [-0.05, 0) is 36.9 Å². The van der Waals surface area contributed by atoms with E-state index in [1.807, 2.05) is 0 Å². The quantitative estimate of drug-likeness (QED) is 0.880. The van der Waals surface area contributed by atoms with Crippen molar-refractivity contribution < 1.29 is 5.11 Å². The summed E-state index contributed by atoms with van der Waals surface area (Å²) < 4.78 is 2.27. The van der Waals surface area contributed by atoms with E-state index in [1.165, 1.54) is 29.4 Å². The summed E-state index contributed by atoms with van der Waals surface area (Å²) in [5.74, 6) is 0. The topological polar surface area (TPSA) is 40.4 Å². The van der Waals surface area contributed by atoms with E-state index in [2.05, 4.69) is 52.2 Å². The summed E-state index contributed by atoms with van der Waals surface area (Å²) >= 11 is 0. The number of nitrogens with zero attached hydrogens (tertiary/aromatic N) is 2. The molecule has 0 spiro atoms. The van der Waals surface area contributed by atoms with Crippen molar-refractivity contribution in [1.29, 1.82) is 0 Å². The van der Waals surface area contributed by atoms with Gasteiger partial charge in [0.05, 0.1) is 6.61 Å². The van der Waals surface area contributed by atoms with Crippen LogP contribution in [0.1, 0.15) is 18.5 Å². The summed E-state index contributed by atoms with van der Waals surface area (Å²) in [4.78, 5) is 2.35. The Morgan fingerprint density at radius 1 is 1.33 bits per heavy atom.